The monoisotopic (exact) mass is 220 g/mol. The minimum Gasteiger partial charge on any atom is -0.493 e. The molecule has 0 aliphatic rings. The van der Waals surface area contributed by atoms with E-state index in [1.807, 2.05) is 0 Å². The fraction of sp³-hybridized carbons (Fsp3) is 0.400. The second-order valence-electron chi connectivity index (χ2n) is 2.73. The molecule has 0 amide bonds. The molecule has 14 heavy (non-hydrogen) atoms. The number of halogens is 3. The topological polar surface area (TPSA) is 9.23 Å². The van der Waals surface area contributed by atoms with Gasteiger partial charge in [-0.15, -0.1) is 11.6 Å². The summed E-state index contributed by atoms with van der Waals surface area (Å²) in [6.45, 7) is 0.368. The van der Waals surface area contributed by atoms with Crippen LogP contribution >= 0.6 is 11.6 Å². The first-order valence-corrected chi connectivity index (χ1v) is 4.85. The molecule has 0 aliphatic heterocycles. The third-order valence-electron chi connectivity index (χ3n) is 1.69. The van der Waals surface area contributed by atoms with Gasteiger partial charge in [-0.3, -0.25) is 0 Å². The standard InChI is InChI=1S/C10H11ClF2O/c11-6-3-7-14-9-5-2-1-4-8(9)10(12)13/h1-2,4-5,10H,3,6-7H2. The largest absolute Gasteiger partial charge is 0.493 e. The summed E-state index contributed by atoms with van der Waals surface area (Å²) in [5, 5.41) is 0. The van der Waals surface area contributed by atoms with Crippen LogP contribution < -0.4 is 4.74 Å². The Balaban J connectivity index is 2.64. The summed E-state index contributed by atoms with van der Waals surface area (Å²) in [4.78, 5) is 0. The Bertz CT molecular complexity index is 279. The molecule has 0 radical (unpaired) electrons. The number of alkyl halides is 3. The van der Waals surface area contributed by atoms with Crippen molar-refractivity contribution < 1.29 is 13.5 Å². The predicted octanol–water partition coefficient (Wildman–Crippen LogP) is 3.63. The van der Waals surface area contributed by atoms with Gasteiger partial charge in [-0.1, -0.05) is 12.1 Å². The Morgan fingerprint density at radius 1 is 1.29 bits per heavy atom. The maximum atomic E-state index is 12.4. The van der Waals surface area contributed by atoms with Crippen LogP contribution in [0, 0.1) is 0 Å². The Labute approximate surface area is 86.6 Å². The summed E-state index contributed by atoms with van der Waals surface area (Å²) in [7, 11) is 0. The Kier molecular flexibility index (Phi) is 4.66. The quantitative estimate of drug-likeness (QED) is 0.544. The Hall–Kier alpha value is -0.830. The van der Waals surface area contributed by atoms with Crippen molar-refractivity contribution in [2.45, 2.75) is 12.8 Å². The van der Waals surface area contributed by atoms with Crippen LogP contribution in [-0.4, -0.2) is 12.5 Å². The molecule has 0 bridgehead atoms. The highest BCUT2D eigenvalue weighted by Crippen LogP contribution is 2.28. The lowest BCUT2D eigenvalue weighted by Gasteiger charge is -2.09. The molecule has 0 spiro atoms. The van der Waals surface area contributed by atoms with E-state index in [1.165, 1.54) is 12.1 Å². The van der Waals surface area contributed by atoms with Crippen molar-refractivity contribution >= 4 is 11.6 Å². The highest BCUT2D eigenvalue weighted by Gasteiger charge is 2.12. The van der Waals surface area contributed by atoms with Gasteiger partial charge in [0.25, 0.3) is 6.43 Å². The first-order chi connectivity index (χ1) is 6.75. The minimum absolute atomic E-state index is 0.0675. The molecule has 0 saturated carbocycles. The second kappa shape index (κ2) is 5.81. The molecule has 0 aliphatic carbocycles. The van der Waals surface area contributed by atoms with Gasteiger partial charge >= 0.3 is 0 Å². The molecular weight excluding hydrogens is 210 g/mol. The van der Waals surface area contributed by atoms with Crippen LogP contribution in [0.25, 0.3) is 0 Å². The van der Waals surface area contributed by atoms with Crippen LogP contribution in [0.4, 0.5) is 8.78 Å². The Morgan fingerprint density at radius 3 is 2.64 bits per heavy atom. The lowest BCUT2D eigenvalue weighted by molar-refractivity contribution is 0.145. The summed E-state index contributed by atoms with van der Waals surface area (Å²) in [6.07, 6.45) is -1.85. The SMILES string of the molecule is FC(F)c1ccccc1OCCCCl. The van der Waals surface area contributed by atoms with Gasteiger partial charge in [0.1, 0.15) is 5.75 Å². The molecule has 1 nitrogen and oxygen atoms in total. The first kappa shape index (κ1) is 11.2. The fourth-order valence-corrected chi connectivity index (χ4v) is 1.14. The molecule has 0 N–H and O–H groups in total. The van der Waals surface area contributed by atoms with Gasteiger partial charge in [0, 0.05) is 5.88 Å². The molecule has 1 aromatic rings. The fourth-order valence-electron chi connectivity index (χ4n) is 1.03. The predicted molar refractivity (Wildman–Crippen MR) is 52.2 cm³/mol. The summed E-state index contributed by atoms with van der Waals surface area (Å²) >= 11 is 5.44. The van der Waals surface area contributed by atoms with Gasteiger partial charge in [0.15, 0.2) is 0 Å². The van der Waals surface area contributed by atoms with Crippen LogP contribution in [0.1, 0.15) is 18.4 Å². The highest BCUT2D eigenvalue weighted by atomic mass is 35.5. The molecule has 0 atom stereocenters. The summed E-state index contributed by atoms with van der Waals surface area (Å²) < 4.78 is 30.0. The van der Waals surface area contributed by atoms with E-state index in [9.17, 15) is 8.78 Å². The minimum atomic E-state index is -2.50. The molecule has 0 heterocycles. The van der Waals surface area contributed by atoms with E-state index in [4.69, 9.17) is 16.3 Å². The molecule has 0 fully saturated rings. The molecule has 1 aromatic carbocycles. The zero-order valence-electron chi connectivity index (χ0n) is 7.55. The maximum Gasteiger partial charge on any atom is 0.267 e. The normalized spacial score (nSPS) is 10.6. The van der Waals surface area contributed by atoms with Crippen molar-refractivity contribution in [3.63, 3.8) is 0 Å². The van der Waals surface area contributed by atoms with Crippen LogP contribution in [0.3, 0.4) is 0 Å². The zero-order chi connectivity index (χ0) is 10.4. The maximum absolute atomic E-state index is 12.4. The zero-order valence-corrected chi connectivity index (χ0v) is 8.31. The average Bonchev–Trinajstić information content (AvgIpc) is 2.19. The number of hydrogen-bond donors (Lipinski definition) is 0. The van der Waals surface area contributed by atoms with Gasteiger partial charge in [0.05, 0.1) is 12.2 Å². The van der Waals surface area contributed by atoms with Gasteiger partial charge < -0.3 is 4.74 Å². The molecule has 1 rings (SSSR count). The summed E-state index contributed by atoms with van der Waals surface area (Å²) in [6, 6.07) is 6.13. The number of para-hydroxylation sites is 1. The molecular formula is C10H11ClF2O. The van der Waals surface area contributed by atoms with E-state index in [0.717, 1.165) is 0 Å². The lowest BCUT2D eigenvalue weighted by atomic mass is 10.2. The van der Waals surface area contributed by atoms with Crippen LogP contribution in [0.2, 0.25) is 0 Å². The van der Waals surface area contributed by atoms with E-state index in [2.05, 4.69) is 0 Å². The second-order valence-corrected chi connectivity index (χ2v) is 3.11. The van der Waals surface area contributed by atoms with Crippen molar-refractivity contribution in [3.05, 3.63) is 29.8 Å². The highest BCUT2D eigenvalue weighted by molar-refractivity contribution is 6.17. The van der Waals surface area contributed by atoms with Gasteiger partial charge in [-0.05, 0) is 18.6 Å². The van der Waals surface area contributed by atoms with E-state index >= 15 is 0 Å². The number of benzene rings is 1. The van der Waals surface area contributed by atoms with Crippen LogP contribution in [-0.2, 0) is 0 Å². The number of hydrogen-bond acceptors (Lipinski definition) is 1. The summed E-state index contributed by atoms with van der Waals surface area (Å²) in [5.41, 5.74) is -0.0675. The van der Waals surface area contributed by atoms with Crippen LogP contribution in [0.5, 0.6) is 5.75 Å². The van der Waals surface area contributed by atoms with Crippen LogP contribution in [0.15, 0.2) is 24.3 Å². The van der Waals surface area contributed by atoms with E-state index in [-0.39, 0.29) is 11.3 Å². The lowest BCUT2D eigenvalue weighted by Crippen LogP contribution is -2.00. The summed E-state index contributed by atoms with van der Waals surface area (Å²) in [5.74, 6) is 0.712. The van der Waals surface area contributed by atoms with Gasteiger partial charge in [-0.2, -0.15) is 0 Å². The molecule has 0 aromatic heterocycles. The smallest absolute Gasteiger partial charge is 0.267 e. The van der Waals surface area contributed by atoms with Crippen molar-refractivity contribution in [2.24, 2.45) is 0 Å². The number of rotatable bonds is 5. The molecule has 0 saturated heterocycles. The first-order valence-electron chi connectivity index (χ1n) is 4.31. The van der Waals surface area contributed by atoms with Gasteiger partial charge in [-0.25, -0.2) is 8.78 Å². The van der Waals surface area contributed by atoms with E-state index in [0.29, 0.717) is 18.9 Å². The molecule has 0 unspecified atom stereocenters. The third kappa shape index (κ3) is 3.14. The van der Waals surface area contributed by atoms with Crippen molar-refractivity contribution in [2.75, 3.05) is 12.5 Å². The average molecular weight is 221 g/mol. The van der Waals surface area contributed by atoms with Crippen molar-refractivity contribution in [3.8, 4) is 5.75 Å². The molecule has 4 heteroatoms. The van der Waals surface area contributed by atoms with E-state index < -0.39 is 6.43 Å². The van der Waals surface area contributed by atoms with Crippen molar-refractivity contribution in [1.82, 2.24) is 0 Å². The Morgan fingerprint density at radius 2 is 2.00 bits per heavy atom. The van der Waals surface area contributed by atoms with E-state index in [1.54, 1.807) is 12.1 Å². The third-order valence-corrected chi connectivity index (χ3v) is 1.96. The molecule has 78 valence electrons. The van der Waals surface area contributed by atoms with Crippen molar-refractivity contribution in [1.29, 1.82) is 0 Å². The van der Waals surface area contributed by atoms with Gasteiger partial charge in [0.2, 0.25) is 0 Å². The number of ether oxygens (including phenoxy) is 1.